The van der Waals surface area contributed by atoms with Gasteiger partial charge in [-0.1, -0.05) is 37.6 Å². The molecule has 0 amide bonds. The van der Waals surface area contributed by atoms with Crippen LogP contribution >= 0.6 is 22.9 Å². The van der Waals surface area contributed by atoms with Crippen LogP contribution in [0, 0.1) is 5.92 Å². The molecule has 0 aliphatic heterocycles. The third-order valence-electron chi connectivity index (χ3n) is 3.17. The molecule has 2 rings (SSSR count). The number of nitrogens with one attached hydrogen (secondary N) is 1. The molecule has 0 saturated heterocycles. The molecule has 118 valence electrons. The second-order valence-electron chi connectivity index (χ2n) is 5.54. The van der Waals surface area contributed by atoms with Crippen molar-refractivity contribution in [3.63, 3.8) is 0 Å². The summed E-state index contributed by atoms with van der Waals surface area (Å²) in [4.78, 5) is 16.6. The smallest absolute Gasteiger partial charge is 0.320 e. The van der Waals surface area contributed by atoms with Gasteiger partial charge in [-0.25, -0.2) is 4.98 Å². The summed E-state index contributed by atoms with van der Waals surface area (Å²) < 4.78 is 0. The van der Waals surface area contributed by atoms with Gasteiger partial charge in [-0.05, 0) is 24.5 Å². The SMILES string of the molecule is CC(C)C[C@H](NCc1cnc(-c2ccc(Cl)cc2)s1)C(=O)O. The molecule has 1 heterocycles. The zero-order chi connectivity index (χ0) is 16.1. The lowest BCUT2D eigenvalue weighted by Gasteiger charge is -2.15. The van der Waals surface area contributed by atoms with Crippen LogP contribution in [-0.4, -0.2) is 22.1 Å². The molecule has 0 unspecified atom stereocenters. The number of aromatic nitrogens is 1. The van der Waals surface area contributed by atoms with Gasteiger partial charge in [0.15, 0.2) is 0 Å². The van der Waals surface area contributed by atoms with Gasteiger partial charge in [0.2, 0.25) is 0 Å². The van der Waals surface area contributed by atoms with Crippen molar-refractivity contribution < 1.29 is 9.90 Å². The second-order valence-corrected chi connectivity index (χ2v) is 7.09. The maximum absolute atomic E-state index is 11.2. The van der Waals surface area contributed by atoms with Crippen LogP contribution in [0.2, 0.25) is 5.02 Å². The lowest BCUT2D eigenvalue weighted by Crippen LogP contribution is -2.37. The van der Waals surface area contributed by atoms with Crippen molar-refractivity contribution in [1.29, 1.82) is 0 Å². The molecule has 0 fully saturated rings. The Bertz CT molecular complexity index is 625. The number of benzene rings is 1. The minimum Gasteiger partial charge on any atom is -0.480 e. The highest BCUT2D eigenvalue weighted by Gasteiger charge is 2.18. The van der Waals surface area contributed by atoms with Gasteiger partial charge in [0.1, 0.15) is 11.0 Å². The Morgan fingerprint density at radius 1 is 1.36 bits per heavy atom. The molecule has 1 aromatic heterocycles. The fourth-order valence-electron chi connectivity index (χ4n) is 2.08. The van der Waals surface area contributed by atoms with Crippen molar-refractivity contribution >= 4 is 28.9 Å². The van der Waals surface area contributed by atoms with Crippen molar-refractivity contribution in [2.45, 2.75) is 32.9 Å². The molecule has 0 radical (unpaired) electrons. The lowest BCUT2D eigenvalue weighted by atomic mass is 10.0. The molecular formula is C16H19ClN2O2S. The second kappa shape index (κ2) is 7.72. The molecule has 1 aromatic carbocycles. The molecule has 2 N–H and O–H groups in total. The first-order chi connectivity index (χ1) is 10.5. The first kappa shape index (κ1) is 16.9. The van der Waals surface area contributed by atoms with Crippen LogP contribution in [0.5, 0.6) is 0 Å². The van der Waals surface area contributed by atoms with E-state index in [4.69, 9.17) is 11.6 Å². The van der Waals surface area contributed by atoms with Gasteiger partial charge in [-0.3, -0.25) is 10.1 Å². The van der Waals surface area contributed by atoms with E-state index >= 15 is 0 Å². The number of carboxylic acid groups (broad SMARTS) is 1. The average molecular weight is 339 g/mol. The summed E-state index contributed by atoms with van der Waals surface area (Å²) in [7, 11) is 0. The zero-order valence-electron chi connectivity index (χ0n) is 12.5. The lowest BCUT2D eigenvalue weighted by molar-refractivity contribution is -0.140. The number of halogens is 1. The Hall–Kier alpha value is -1.43. The normalized spacial score (nSPS) is 12.5. The summed E-state index contributed by atoms with van der Waals surface area (Å²) in [5.74, 6) is -0.476. The van der Waals surface area contributed by atoms with Crippen molar-refractivity contribution in [1.82, 2.24) is 10.3 Å². The zero-order valence-corrected chi connectivity index (χ0v) is 14.1. The van der Waals surface area contributed by atoms with Crippen LogP contribution in [0.15, 0.2) is 30.5 Å². The van der Waals surface area contributed by atoms with Crippen LogP contribution in [-0.2, 0) is 11.3 Å². The number of hydrogen-bond acceptors (Lipinski definition) is 4. The maximum Gasteiger partial charge on any atom is 0.320 e. The molecular weight excluding hydrogens is 320 g/mol. The molecule has 2 aromatic rings. The van der Waals surface area contributed by atoms with Crippen molar-refractivity contribution in [3.8, 4) is 10.6 Å². The Labute approximate surface area is 139 Å². The number of carboxylic acids is 1. The van der Waals surface area contributed by atoms with Crippen LogP contribution in [0.25, 0.3) is 10.6 Å². The van der Waals surface area contributed by atoms with E-state index < -0.39 is 12.0 Å². The highest BCUT2D eigenvalue weighted by atomic mass is 35.5. The fourth-order valence-corrected chi connectivity index (χ4v) is 3.08. The number of rotatable bonds is 7. The fraction of sp³-hybridized carbons (Fsp3) is 0.375. The minimum absolute atomic E-state index is 0.333. The van der Waals surface area contributed by atoms with E-state index in [-0.39, 0.29) is 0 Å². The minimum atomic E-state index is -0.809. The topological polar surface area (TPSA) is 62.2 Å². The van der Waals surface area contributed by atoms with Crippen molar-refractivity contribution in [2.75, 3.05) is 0 Å². The first-order valence-electron chi connectivity index (χ1n) is 7.12. The quantitative estimate of drug-likeness (QED) is 0.799. The van der Waals surface area contributed by atoms with Gasteiger partial charge in [0.05, 0.1) is 0 Å². The van der Waals surface area contributed by atoms with E-state index in [0.29, 0.717) is 23.9 Å². The molecule has 22 heavy (non-hydrogen) atoms. The van der Waals surface area contributed by atoms with E-state index in [9.17, 15) is 9.90 Å². The maximum atomic E-state index is 11.2. The van der Waals surface area contributed by atoms with Crippen LogP contribution < -0.4 is 5.32 Å². The predicted molar refractivity (Wildman–Crippen MR) is 90.3 cm³/mol. The molecule has 0 bridgehead atoms. The van der Waals surface area contributed by atoms with Gasteiger partial charge in [0, 0.05) is 28.2 Å². The number of carbonyl (C=O) groups is 1. The third-order valence-corrected chi connectivity index (χ3v) is 4.47. The summed E-state index contributed by atoms with van der Waals surface area (Å²) in [6, 6.07) is 6.99. The van der Waals surface area contributed by atoms with Crippen LogP contribution in [0.3, 0.4) is 0 Å². The monoisotopic (exact) mass is 338 g/mol. The standard InChI is InChI=1S/C16H19ClN2O2S/c1-10(2)7-14(16(20)21)18-8-13-9-19-15(22-13)11-3-5-12(17)6-4-11/h3-6,9-10,14,18H,7-8H2,1-2H3,(H,20,21)/t14-/m0/s1. The van der Waals surface area contributed by atoms with Crippen molar-refractivity contribution in [2.24, 2.45) is 5.92 Å². The molecule has 1 atom stereocenters. The summed E-state index contributed by atoms with van der Waals surface area (Å²) in [6.07, 6.45) is 2.40. The van der Waals surface area contributed by atoms with E-state index in [0.717, 1.165) is 15.4 Å². The molecule has 0 aliphatic carbocycles. The molecule has 4 nitrogen and oxygen atoms in total. The van der Waals surface area contributed by atoms with Gasteiger partial charge in [-0.15, -0.1) is 11.3 Å². The number of nitrogens with zero attached hydrogens (tertiary/aromatic N) is 1. The van der Waals surface area contributed by atoms with Gasteiger partial charge in [-0.2, -0.15) is 0 Å². The Morgan fingerprint density at radius 2 is 2.05 bits per heavy atom. The van der Waals surface area contributed by atoms with E-state index in [1.54, 1.807) is 17.5 Å². The van der Waals surface area contributed by atoms with Gasteiger partial charge < -0.3 is 5.11 Å². The number of aliphatic carboxylic acids is 1. The van der Waals surface area contributed by atoms with Crippen LogP contribution in [0.1, 0.15) is 25.1 Å². The summed E-state index contributed by atoms with van der Waals surface area (Å²) in [5, 5.41) is 13.9. The number of thiazole rings is 1. The Kier molecular flexibility index (Phi) is 5.94. The molecule has 0 aliphatic rings. The predicted octanol–water partition coefficient (Wildman–Crippen LogP) is 4.05. The molecule has 0 spiro atoms. The van der Waals surface area contributed by atoms with E-state index in [1.807, 2.05) is 38.1 Å². The van der Waals surface area contributed by atoms with Crippen molar-refractivity contribution in [3.05, 3.63) is 40.4 Å². The van der Waals surface area contributed by atoms with Crippen LogP contribution in [0.4, 0.5) is 0 Å². The first-order valence-corrected chi connectivity index (χ1v) is 8.32. The average Bonchev–Trinajstić information content (AvgIpc) is 2.92. The highest BCUT2D eigenvalue weighted by molar-refractivity contribution is 7.15. The highest BCUT2D eigenvalue weighted by Crippen LogP contribution is 2.26. The summed E-state index contributed by atoms with van der Waals surface area (Å²) in [6.45, 7) is 4.54. The van der Waals surface area contributed by atoms with Gasteiger partial charge >= 0.3 is 5.97 Å². The van der Waals surface area contributed by atoms with Gasteiger partial charge in [0.25, 0.3) is 0 Å². The summed E-state index contributed by atoms with van der Waals surface area (Å²) >= 11 is 7.43. The number of hydrogen-bond donors (Lipinski definition) is 2. The van der Waals surface area contributed by atoms with E-state index in [2.05, 4.69) is 10.3 Å². The molecule has 0 saturated carbocycles. The van der Waals surface area contributed by atoms with E-state index in [1.165, 1.54) is 0 Å². The Balaban J connectivity index is 1.99. The largest absolute Gasteiger partial charge is 0.480 e. The molecule has 6 heteroatoms. The summed E-state index contributed by atoms with van der Waals surface area (Å²) in [5.41, 5.74) is 1.01. The Morgan fingerprint density at radius 3 is 2.64 bits per heavy atom. The third kappa shape index (κ3) is 4.80.